The summed E-state index contributed by atoms with van der Waals surface area (Å²) in [6, 6.07) is 0.883. The van der Waals surface area contributed by atoms with Gasteiger partial charge in [-0.25, -0.2) is 9.78 Å². The summed E-state index contributed by atoms with van der Waals surface area (Å²) in [6.07, 6.45) is -2.30. The van der Waals surface area contributed by atoms with Gasteiger partial charge in [0.05, 0.1) is 10.6 Å². The highest BCUT2D eigenvalue weighted by atomic mass is 35.5. The zero-order valence-corrected chi connectivity index (χ0v) is 16.7. The standard InChI is InChI=1S/C18H25ClF3N3O2/c1-17(2,3)27-16(26)25-7-5-6-12(11-25)10-24(4)15-14(19)8-13(9-23-15)18(20,21)22/h8-9,12H,5-7,10-11H2,1-4H3. The van der Waals surface area contributed by atoms with Gasteiger partial charge in [0.2, 0.25) is 0 Å². The van der Waals surface area contributed by atoms with Crippen LogP contribution < -0.4 is 4.90 Å². The molecule has 0 aromatic carbocycles. The predicted molar refractivity (Wildman–Crippen MR) is 98.1 cm³/mol. The second-order valence-corrected chi connectivity index (χ2v) is 8.25. The molecule has 1 saturated heterocycles. The summed E-state index contributed by atoms with van der Waals surface area (Å²) in [6.45, 7) is 7.14. The van der Waals surface area contributed by atoms with Crippen LogP contribution >= 0.6 is 11.6 Å². The van der Waals surface area contributed by atoms with Crippen molar-refractivity contribution < 1.29 is 22.7 Å². The number of halogens is 4. The zero-order valence-electron chi connectivity index (χ0n) is 15.9. The normalized spacial score (nSPS) is 18.4. The quantitative estimate of drug-likeness (QED) is 0.719. The third-order valence-electron chi connectivity index (χ3n) is 4.21. The molecule has 27 heavy (non-hydrogen) atoms. The van der Waals surface area contributed by atoms with E-state index in [4.69, 9.17) is 16.3 Å². The minimum absolute atomic E-state index is 0.0490. The average Bonchev–Trinajstić information content (AvgIpc) is 2.52. The van der Waals surface area contributed by atoms with Crippen LogP contribution in [0.15, 0.2) is 12.3 Å². The highest BCUT2D eigenvalue weighted by Gasteiger charge is 2.32. The molecule has 152 valence electrons. The van der Waals surface area contributed by atoms with Crippen LogP contribution in [-0.4, -0.2) is 48.3 Å². The smallest absolute Gasteiger partial charge is 0.417 e. The number of alkyl halides is 3. The molecule has 0 bridgehead atoms. The van der Waals surface area contributed by atoms with Gasteiger partial charge in [-0.05, 0) is 45.6 Å². The van der Waals surface area contributed by atoms with E-state index < -0.39 is 17.3 Å². The van der Waals surface area contributed by atoms with Gasteiger partial charge in [-0.3, -0.25) is 0 Å². The van der Waals surface area contributed by atoms with Gasteiger partial charge in [0.25, 0.3) is 0 Å². The molecular formula is C18H25ClF3N3O2. The lowest BCUT2D eigenvalue weighted by Gasteiger charge is -2.36. The van der Waals surface area contributed by atoms with Gasteiger partial charge in [0.15, 0.2) is 0 Å². The first-order chi connectivity index (χ1) is 12.4. The third-order valence-corrected chi connectivity index (χ3v) is 4.49. The second kappa shape index (κ2) is 8.12. The van der Waals surface area contributed by atoms with Crippen molar-refractivity contribution in [1.29, 1.82) is 0 Å². The van der Waals surface area contributed by atoms with Gasteiger partial charge in [0, 0.05) is 32.9 Å². The number of rotatable bonds is 3. The van der Waals surface area contributed by atoms with Crippen molar-refractivity contribution in [3.63, 3.8) is 0 Å². The number of amides is 1. The summed E-state index contributed by atoms with van der Waals surface area (Å²) in [5.41, 5.74) is -1.43. The molecular weight excluding hydrogens is 383 g/mol. The van der Waals surface area contributed by atoms with Crippen molar-refractivity contribution in [2.24, 2.45) is 5.92 Å². The fourth-order valence-corrected chi connectivity index (χ4v) is 3.36. The van der Waals surface area contributed by atoms with E-state index in [1.165, 1.54) is 0 Å². The largest absolute Gasteiger partial charge is 0.444 e. The fraction of sp³-hybridized carbons (Fsp3) is 0.667. The molecule has 0 spiro atoms. The SMILES string of the molecule is CN(CC1CCCN(C(=O)OC(C)(C)C)C1)c1ncc(C(F)(F)F)cc1Cl. The predicted octanol–water partition coefficient (Wildman–Crippen LogP) is 4.84. The molecule has 1 aromatic heterocycles. The Morgan fingerprint density at radius 1 is 1.41 bits per heavy atom. The minimum Gasteiger partial charge on any atom is -0.444 e. The first-order valence-corrected chi connectivity index (χ1v) is 9.16. The molecule has 5 nitrogen and oxygen atoms in total. The van der Waals surface area contributed by atoms with Crippen LogP contribution in [0, 0.1) is 5.92 Å². The van der Waals surface area contributed by atoms with E-state index in [1.54, 1.807) is 16.8 Å². The van der Waals surface area contributed by atoms with Crippen molar-refractivity contribution in [1.82, 2.24) is 9.88 Å². The van der Waals surface area contributed by atoms with E-state index in [0.717, 1.165) is 25.1 Å². The van der Waals surface area contributed by atoms with Crippen molar-refractivity contribution >= 4 is 23.5 Å². The molecule has 0 aliphatic carbocycles. The van der Waals surface area contributed by atoms with Gasteiger partial charge in [0.1, 0.15) is 11.4 Å². The van der Waals surface area contributed by atoms with E-state index in [0.29, 0.717) is 25.5 Å². The number of likely N-dealkylation sites (tertiary alicyclic amines) is 1. The summed E-state index contributed by atoms with van der Waals surface area (Å²) in [5, 5.41) is -0.0490. The molecule has 1 fully saturated rings. The van der Waals surface area contributed by atoms with E-state index in [-0.39, 0.29) is 17.0 Å². The molecule has 1 atom stereocenters. The van der Waals surface area contributed by atoms with Crippen LogP contribution in [0.25, 0.3) is 0 Å². The number of ether oxygens (including phenoxy) is 1. The highest BCUT2D eigenvalue weighted by Crippen LogP contribution is 2.33. The summed E-state index contributed by atoms with van der Waals surface area (Å²) in [7, 11) is 1.73. The monoisotopic (exact) mass is 407 g/mol. The van der Waals surface area contributed by atoms with Crippen molar-refractivity contribution in [3.05, 3.63) is 22.8 Å². The number of aromatic nitrogens is 1. The van der Waals surface area contributed by atoms with Crippen molar-refractivity contribution in [3.8, 4) is 0 Å². The first kappa shape index (κ1) is 21.6. The van der Waals surface area contributed by atoms with Crippen molar-refractivity contribution in [2.75, 3.05) is 31.6 Å². The number of hydrogen-bond donors (Lipinski definition) is 0. The molecule has 9 heteroatoms. The van der Waals surface area contributed by atoms with Gasteiger partial charge < -0.3 is 14.5 Å². The van der Waals surface area contributed by atoms with E-state index >= 15 is 0 Å². The number of hydrogen-bond acceptors (Lipinski definition) is 4. The lowest BCUT2D eigenvalue weighted by molar-refractivity contribution is -0.137. The van der Waals surface area contributed by atoms with E-state index in [1.807, 2.05) is 20.8 Å². The molecule has 0 radical (unpaired) electrons. The van der Waals surface area contributed by atoms with Crippen LogP contribution in [0.2, 0.25) is 5.02 Å². The molecule has 0 saturated carbocycles. The number of pyridine rings is 1. The summed E-state index contributed by atoms with van der Waals surface area (Å²) in [5.74, 6) is 0.440. The number of nitrogens with zero attached hydrogens (tertiary/aromatic N) is 3. The van der Waals surface area contributed by atoms with Crippen LogP contribution in [0.3, 0.4) is 0 Å². The van der Waals surface area contributed by atoms with E-state index in [9.17, 15) is 18.0 Å². The maximum atomic E-state index is 12.7. The number of piperidine rings is 1. The average molecular weight is 408 g/mol. The first-order valence-electron chi connectivity index (χ1n) is 8.78. The van der Waals surface area contributed by atoms with Crippen LogP contribution in [0.1, 0.15) is 39.2 Å². The summed E-state index contributed by atoms with van der Waals surface area (Å²) >= 11 is 6.01. The maximum Gasteiger partial charge on any atom is 0.417 e. The fourth-order valence-electron chi connectivity index (χ4n) is 3.05. The van der Waals surface area contributed by atoms with Crippen LogP contribution in [-0.2, 0) is 10.9 Å². The Kier molecular flexibility index (Phi) is 6.50. The molecule has 1 aliphatic heterocycles. The molecule has 0 N–H and O–H groups in total. The highest BCUT2D eigenvalue weighted by molar-refractivity contribution is 6.33. The lowest BCUT2D eigenvalue weighted by atomic mass is 9.98. The molecule has 1 aromatic rings. The maximum absolute atomic E-state index is 12.7. The van der Waals surface area contributed by atoms with Gasteiger partial charge in [-0.2, -0.15) is 13.2 Å². The molecule has 1 amide bonds. The van der Waals surface area contributed by atoms with Crippen molar-refractivity contribution in [2.45, 2.75) is 45.4 Å². The molecule has 2 rings (SSSR count). The number of anilines is 1. The summed E-state index contributed by atoms with van der Waals surface area (Å²) in [4.78, 5) is 19.5. The number of carbonyl (C=O) groups excluding carboxylic acids is 1. The third kappa shape index (κ3) is 6.16. The Morgan fingerprint density at radius 3 is 2.63 bits per heavy atom. The summed E-state index contributed by atoms with van der Waals surface area (Å²) < 4.78 is 43.7. The Balaban J connectivity index is 2.01. The Hall–Kier alpha value is -1.70. The van der Waals surface area contributed by atoms with E-state index in [2.05, 4.69) is 4.98 Å². The number of carbonyl (C=O) groups is 1. The van der Waals surface area contributed by atoms with Crippen LogP contribution in [0.5, 0.6) is 0 Å². The second-order valence-electron chi connectivity index (χ2n) is 7.84. The topological polar surface area (TPSA) is 45.7 Å². The van der Waals surface area contributed by atoms with Gasteiger partial charge >= 0.3 is 12.3 Å². The lowest BCUT2D eigenvalue weighted by Crippen LogP contribution is -2.45. The molecule has 2 heterocycles. The molecule has 1 unspecified atom stereocenters. The van der Waals surface area contributed by atoms with Crippen LogP contribution in [0.4, 0.5) is 23.8 Å². The van der Waals surface area contributed by atoms with Gasteiger partial charge in [-0.15, -0.1) is 0 Å². The Morgan fingerprint density at radius 2 is 2.07 bits per heavy atom. The Bertz CT molecular complexity index is 677. The van der Waals surface area contributed by atoms with Gasteiger partial charge in [-0.1, -0.05) is 11.6 Å². The molecule has 1 aliphatic rings. The zero-order chi connectivity index (χ0) is 20.4. The minimum atomic E-state index is -4.48. The Labute approximate surface area is 162 Å².